The van der Waals surface area contributed by atoms with E-state index in [4.69, 9.17) is 4.74 Å². The lowest BCUT2D eigenvalue weighted by Crippen LogP contribution is -2.45. The molecule has 4 rings (SSSR count). The quantitative estimate of drug-likeness (QED) is 0.492. The number of halogens is 1. The van der Waals surface area contributed by atoms with Crippen molar-refractivity contribution in [3.05, 3.63) is 71.5 Å². The number of nitrogens with zero attached hydrogens (tertiary/aromatic N) is 2. The number of anilines is 1. The third-order valence-electron chi connectivity index (χ3n) is 4.63. The van der Waals surface area contributed by atoms with E-state index in [-0.39, 0.29) is 12.2 Å². The van der Waals surface area contributed by atoms with Gasteiger partial charge in [0.2, 0.25) is 0 Å². The molecule has 2 unspecified atom stereocenters. The van der Waals surface area contributed by atoms with Gasteiger partial charge in [-0.1, -0.05) is 45.9 Å². The Morgan fingerprint density at radius 1 is 0.926 bits per heavy atom. The highest BCUT2D eigenvalue weighted by atomic mass is 79.9. The van der Waals surface area contributed by atoms with Crippen molar-refractivity contribution in [3.8, 4) is 5.69 Å². The second-order valence-corrected chi connectivity index (χ2v) is 9.00. The van der Waals surface area contributed by atoms with Crippen LogP contribution in [-0.4, -0.2) is 29.9 Å². The molecule has 1 aromatic heterocycles. The van der Waals surface area contributed by atoms with Gasteiger partial charge in [0.25, 0.3) is 0 Å². The summed E-state index contributed by atoms with van der Waals surface area (Å²) in [6.07, 6.45) is 4.96. The van der Waals surface area contributed by atoms with Crippen LogP contribution in [0.3, 0.4) is 0 Å². The first kappa shape index (κ1) is 18.7. The minimum absolute atomic E-state index is 0.236. The van der Waals surface area contributed by atoms with Crippen molar-refractivity contribution in [1.82, 2.24) is 4.57 Å². The first-order valence-corrected chi connectivity index (χ1v) is 10.8. The van der Waals surface area contributed by atoms with E-state index in [9.17, 15) is 0 Å². The van der Waals surface area contributed by atoms with E-state index in [0.717, 1.165) is 17.6 Å². The fraction of sp³-hybridized carbons (Fsp3) is 0.273. The van der Waals surface area contributed by atoms with Gasteiger partial charge in [0.05, 0.1) is 22.8 Å². The summed E-state index contributed by atoms with van der Waals surface area (Å²) in [6, 6.07) is 19.0. The Hall–Kier alpha value is -1.69. The number of hydrogen-bond acceptors (Lipinski definition) is 3. The molecule has 27 heavy (non-hydrogen) atoms. The van der Waals surface area contributed by atoms with Crippen molar-refractivity contribution in [3.63, 3.8) is 0 Å². The average Bonchev–Trinajstić information content (AvgIpc) is 3.07. The highest BCUT2D eigenvalue weighted by Crippen LogP contribution is 2.38. The van der Waals surface area contributed by atoms with E-state index < -0.39 is 0 Å². The molecular formula is C22H23BrN2OS. The summed E-state index contributed by atoms with van der Waals surface area (Å²) in [6.45, 7) is 6.13. The molecule has 0 amide bonds. The van der Waals surface area contributed by atoms with E-state index in [2.05, 4.69) is 106 Å². The predicted octanol–water partition coefficient (Wildman–Crippen LogP) is 6.00. The fourth-order valence-corrected chi connectivity index (χ4v) is 4.74. The van der Waals surface area contributed by atoms with Crippen molar-refractivity contribution >= 4 is 33.4 Å². The number of hydrogen-bond donors (Lipinski definition) is 0. The SMILES string of the molecule is CC1CN(c2cn(-c3ccccc3)cc2Sc2ccc(Br)cc2)CC(C)O1. The fourth-order valence-electron chi connectivity index (χ4n) is 3.49. The van der Waals surface area contributed by atoms with E-state index in [1.165, 1.54) is 21.2 Å². The first-order valence-electron chi connectivity index (χ1n) is 9.20. The van der Waals surface area contributed by atoms with Crippen LogP contribution < -0.4 is 4.90 Å². The smallest absolute Gasteiger partial charge is 0.0726 e. The van der Waals surface area contributed by atoms with E-state index >= 15 is 0 Å². The molecule has 0 N–H and O–H groups in total. The lowest BCUT2D eigenvalue weighted by molar-refractivity contribution is -0.00534. The molecule has 0 saturated carbocycles. The number of benzene rings is 2. The second-order valence-electron chi connectivity index (χ2n) is 6.97. The molecule has 0 spiro atoms. The molecule has 3 nitrogen and oxygen atoms in total. The maximum absolute atomic E-state index is 5.94. The highest BCUT2D eigenvalue weighted by molar-refractivity contribution is 9.10. The molecule has 2 heterocycles. The summed E-state index contributed by atoms with van der Waals surface area (Å²) in [5.41, 5.74) is 2.45. The number of rotatable bonds is 4. The van der Waals surface area contributed by atoms with Crippen molar-refractivity contribution in [2.24, 2.45) is 0 Å². The average molecular weight is 443 g/mol. The summed E-state index contributed by atoms with van der Waals surface area (Å²) in [5.74, 6) is 0. The zero-order chi connectivity index (χ0) is 18.8. The topological polar surface area (TPSA) is 17.4 Å². The van der Waals surface area contributed by atoms with Crippen LogP contribution >= 0.6 is 27.7 Å². The zero-order valence-corrected chi connectivity index (χ0v) is 17.9. The van der Waals surface area contributed by atoms with Gasteiger partial charge in [-0.25, -0.2) is 0 Å². The van der Waals surface area contributed by atoms with Gasteiger partial charge >= 0.3 is 0 Å². The van der Waals surface area contributed by atoms with Crippen LogP contribution in [0.4, 0.5) is 5.69 Å². The standard InChI is InChI=1S/C22H23BrN2OS/c1-16-12-25(13-17(2)26-16)21-14-24(19-6-4-3-5-7-19)15-22(21)27-20-10-8-18(23)9-11-20/h3-11,14-17H,12-13H2,1-2H3. The summed E-state index contributed by atoms with van der Waals surface area (Å²) in [5, 5.41) is 0. The number of para-hydroxylation sites is 1. The van der Waals surface area contributed by atoms with E-state index in [0.29, 0.717) is 0 Å². The largest absolute Gasteiger partial charge is 0.372 e. The van der Waals surface area contributed by atoms with Crippen LogP contribution in [0, 0.1) is 0 Å². The second kappa shape index (κ2) is 8.13. The molecule has 5 heteroatoms. The van der Waals surface area contributed by atoms with Gasteiger partial charge in [0.15, 0.2) is 0 Å². The summed E-state index contributed by atoms with van der Waals surface area (Å²) >= 11 is 5.33. The van der Waals surface area contributed by atoms with Crippen molar-refractivity contribution in [2.45, 2.75) is 35.8 Å². The molecular weight excluding hydrogens is 420 g/mol. The lowest BCUT2D eigenvalue weighted by atomic mass is 10.2. The van der Waals surface area contributed by atoms with Crippen LogP contribution in [0.5, 0.6) is 0 Å². The summed E-state index contributed by atoms with van der Waals surface area (Å²) < 4.78 is 9.27. The Labute approximate surface area is 173 Å². The Balaban J connectivity index is 1.70. The molecule has 1 aliphatic rings. The monoisotopic (exact) mass is 442 g/mol. The van der Waals surface area contributed by atoms with Crippen LogP contribution in [0.1, 0.15) is 13.8 Å². The minimum atomic E-state index is 0.236. The van der Waals surface area contributed by atoms with Gasteiger partial charge in [0, 0.05) is 40.5 Å². The maximum atomic E-state index is 5.94. The first-order chi connectivity index (χ1) is 13.1. The Morgan fingerprint density at radius 2 is 1.59 bits per heavy atom. The molecule has 3 aromatic rings. The summed E-state index contributed by atoms with van der Waals surface area (Å²) in [7, 11) is 0. The number of ether oxygens (including phenoxy) is 1. The third kappa shape index (κ3) is 4.42. The summed E-state index contributed by atoms with van der Waals surface area (Å²) in [4.78, 5) is 4.96. The molecule has 140 valence electrons. The van der Waals surface area contributed by atoms with Crippen molar-refractivity contribution < 1.29 is 4.74 Å². The molecule has 0 aliphatic carbocycles. The number of morpholine rings is 1. The van der Waals surface area contributed by atoms with Gasteiger partial charge in [0.1, 0.15) is 0 Å². The van der Waals surface area contributed by atoms with Crippen LogP contribution in [-0.2, 0) is 4.74 Å². The molecule has 0 bridgehead atoms. The zero-order valence-electron chi connectivity index (χ0n) is 15.5. The Kier molecular flexibility index (Phi) is 5.62. The normalized spacial score (nSPS) is 20.0. The molecule has 1 aliphatic heterocycles. The van der Waals surface area contributed by atoms with Crippen molar-refractivity contribution in [1.29, 1.82) is 0 Å². The maximum Gasteiger partial charge on any atom is 0.0726 e. The number of aromatic nitrogens is 1. The van der Waals surface area contributed by atoms with Crippen LogP contribution in [0.2, 0.25) is 0 Å². The molecule has 0 radical (unpaired) electrons. The Bertz CT molecular complexity index is 884. The van der Waals surface area contributed by atoms with Gasteiger partial charge in [-0.3, -0.25) is 0 Å². The van der Waals surface area contributed by atoms with Gasteiger partial charge in [-0.05, 0) is 50.2 Å². The predicted molar refractivity (Wildman–Crippen MR) is 116 cm³/mol. The van der Waals surface area contributed by atoms with Crippen LogP contribution in [0.15, 0.2) is 81.3 Å². The Morgan fingerprint density at radius 3 is 2.26 bits per heavy atom. The lowest BCUT2D eigenvalue weighted by Gasteiger charge is -2.36. The van der Waals surface area contributed by atoms with Gasteiger partial charge < -0.3 is 14.2 Å². The molecule has 2 atom stereocenters. The molecule has 2 aromatic carbocycles. The third-order valence-corrected chi connectivity index (χ3v) is 6.20. The highest BCUT2D eigenvalue weighted by Gasteiger charge is 2.25. The molecule has 1 saturated heterocycles. The van der Waals surface area contributed by atoms with Gasteiger partial charge in [-0.2, -0.15) is 0 Å². The molecule has 1 fully saturated rings. The van der Waals surface area contributed by atoms with Crippen LogP contribution in [0.25, 0.3) is 5.69 Å². The van der Waals surface area contributed by atoms with E-state index in [1.54, 1.807) is 0 Å². The van der Waals surface area contributed by atoms with E-state index in [1.807, 2.05) is 11.8 Å². The van der Waals surface area contributed by atoms with Gasteiger partial charge in [-0.15, -0.1) is 0 Å². The minimum Gasteiger partial charge on any atom is -0.372 e. The van der Waals surface area contributed by atoms with Crippen molar-refractivity contribution in [2.75, 3.05) is 18.0 Å².